The van der Waals surface area contributed by atoms with Crippen molar-refractivity contribution >= 4 is 47.2 Å². The lowest BCUT2D eigenvalue weighted by Gasteiger charge is -2.31. The van der Waals surface area contributed by atoms with Crippen LogP contribution >= 0.6 is 11.6 Å². The van der Waals surface area contributed by atoms with Crippen LogP contribution in [0.4, 0.5) is 17.1 Å². The minimum atomic E-state index is 0.102. The van der Waals surface area contributed by atoms with Crippen LogP contribution in [-0.4, -0.2) is 43.8 Å². The van der Waals surface area contributed by atoms with Crippen molar-refractivity contribution in [2.45, 2.75) is 59.8 Å². The number of nitrogens with zero attached hydrogens (tertiary/aromatic N) is 4. The van der Waals surface area contributed by atoms with Gasteiger partial charge >= 0.3 is 0 Å². The highest BCUT2D eigenvalue weighted by molar-refractivity contribution is 6.31. The maximum absolute atomic E-state index is 11.1. The van der Waals surface area contributed by atoms with Gasteiger partial charge in [-0.05, 0) is 73.4 Å². The van der Waals surface area contributed by atoms with Crippen LogP contribution in [0.25, 0.3) is 0 Å². The smallest absolute Gasteiger partial charge is 0.208 e. The minimum absolute atomic E-state index is 0.102. The molecule has 2 aromatic rings. The number of aromatic nitrogens is 1. The number of benzene rings is 1. The Labute approximate surface area is 244 Å². The fourth-order valence-corrected chi connectivity index (χ4v) is 4.42. The average Bonchev–Trinajstić information content (AvgIpc) is 2.94. The molecule has 0 aliphatic carbocycles. The van der Waals surface area contributed by atoms with Crippen LogP contribution in [0.2, 0.25) is 0 Å². The van der Waals surface area contributed by atoms with Crippen molar-refractivity contribution in [1.82, 2.24) is 10.3 Å². The summed E-state index contributed by atoms with van der Waals surface area (Å²) >= 11 is 6.56. The van der Waals surface area contributed by atoms with Crippen molar-refractivity contribution < 1.29 is 4.79 Å². The molecule has 1 aromatic heterocycles. The number of aliphatic imine (C=N–C) groups is 2. The third-order valence-corrected chi connectivity index (χ3v) is 6.85. The van der Waals surface area contributed by atoms with Gasteiger partial charge in [-0.3, -0.25) is 14.8 Å². The Kier molecular flexibility index (Phi) is 13.9. The van der Waals surface area contributed by atoms with Crippen LogP contribution < -0.4 is 21.3 Å². The van der Waals surface area contributed by atoms with E-state index in [0.29, 0.717) is 29.6 Å². The number of nitrogen functional groups attached to an aromatic ring is 1. The number of amides is 1. The molecule has 0 fully saturated rings. The van der Waals surface area contributed by atoms with Crippen LogP contribution in [0, 0.1) is 12.8 Å². The number of guanidine groups is 1. The quantitative estimate of drug-likeness (QED) is 0.0595. The second-order valence-corrected chi connectivity index (χ2v) is 10.1. The molecule has 9 heteroatoms. The number of hydrogen-bond donors (Lipinski definition) is 3. The zero-order valence-corrected chi connectivity index (χ0v) is 25.4. The highest BCUT2D eigenvalue weighted by Gasteiger charge is 2.21. The second kappa shape index (κ2) is 17.1. The molecule has 216 valence electrons. The number of pyridine rings is 1. The predicted octanol–water partition coefficient (Wildman–Crippen LogP) is 6.63. The third kappa shape index (κ3) is 9.83. The van der Waals surface area contributed by atoms with Gasteiger partial charge in [-0.2, -0.15) is 0 Å². The maximum atomic E-state index is 11.1. The number of carbonyl (C=O) groups is 1. The number of anilines is 3. The summed E-state index contributed by atoms with van der Waals surface area (Å²) in [6.45, 7) is 11.2. The molecule has 2 unspecified atom stereocenters. The molecule has 0 radical (unpaired) electrons. The van der Waals surface area contributed by atoms with E-state index in [9.17, 15) is 4.79 Å². The zero-order valence-electron chi connectivity index (χ0n) is 24.6. The van der Waals surface area contributed by atoms with E-state index in [0.717, 1.165) is 47.3 Å². The highest BCUT2D eigenvalue weighted by atomic mass is 35.5. The van der Waals surface area contributed by atoms with Gasteiger partial charge in [0.25, 0.3) is 0 Å². The molecule has 1 aromatic carbocycles. The average molecular weight is 566 g/mol. The molecule has 0 saturated carbocycles. The van der Waals surface area contributed by atoms with E-state index in [4.69, 9.17) is 22.3 Å². The Morgan fingerprint density at radius 2 is 1.98 bits per heavy atom. The Balaban J connectivity index is 2.69. The van der Waals surface area contributed by atoms with E-state index in [-0.39, 0.29) is 18.5 Å². The van der Waals surface area contributed by atoms with Gasteiger partial charge in [0.15, 0.2) is 0 Å². The first kappa shape index (κ1) is 32.6. The van der Waals surface area contributed by atoms with Gasteiger partial charge in [-0.1, -0.05) is 51.4 Å². The van der Waals surface area contributed by atoms with Gasteiger partial charge in [-0.15, -0.1) is 0 Å². The van der Waals surface area contributed by atoms with Crippen molar-refractivity contribution in [2.24, 2.45) is 15.9 Å². The first-order valence-electron chi connectivity index (χ1n) is 13.8. The Morgan fingerprint density at radius 1 is 1.20 bits per heavy atom. The molecule has 2 rings (SSSR count). The summed E-state index contributed by atoms with van der Waals surface area (Å²) < 4.78 is 0. The van der Waals surface area contributed by atoms with Gasteiger partial charge in [0.05, 0.1) is 11.9 Å². The molecule has 40 heavy (non-hydrogen) atoms. The molecule has 1 amide bonds. The summed E-state index contributed by atoms with van der Waals surface area (Å²) in [6.07, 6.45) is 14.8. The lowest BCUT2D eigenvalue weighted by atomic mass is 9.94. The topological polar surface area (TPSA) is 108 Å². The molecular weight excluding hydrogens is 522 g/mol. The number of hydrogen-bond acceptors (Lipinski definition) is 5. The van der Waals surface area contributed by atoms with E-state index in [2.05, 4.69) is 65.3 Å². The van der Waals surface area contributed by atoms with Crippen molar-refractivity contribution in [1.29, 1.82) is 0 Å². The number of rotatable bonds is 14. The molecular formula is C31H44ClN7O. The fourth-order valence-electron chi connectivity index (χ4n) is 4.15. The Hall–Kier alpha value is -3.65. The number of nitrogens with one attached hydrogen (secondary N) is 2. The lowest BCUT2D eigenvalue weighted by molar-refractivity contribution is -0.109. The molecule has 2 atom stereocenters. The number of nitrogens with two attached hydrogens (primary N) is 1. The Bertz CT molecular complexity index is 1220. The summed E-state index contributed by atoms with van der Waals surface area (Å²) in [7, 11) is 1.72. The monoisotopic (exact) mass is 565 g/mol. The first-order valence-corrected chi connectivity index (χ1v) is 14.2. The summed E-state index contributed by atoms with van der Waals surface area (Å²) in [4.78, 5) is 26.6. The summed E-state index contributed by atoms with van der Waals surface area (Å²) in [5, 5.41) is 6.95. The molecule has 0 spiro atoms. The van der Waals surface area contributed by atoms with Crippen molar-refractivity contribution in [2.75, 3.05) is 36.2 Å². The standard InChI is InChI=1S/C31H44ClN7O/c1-7-10-11-26(32)13-24(9-3)19-39(27-12-22(4)16-35-18-27)31(37-20-36-21-40)38-30-14-25(17-34-6)29(33)15-28(30)23(5)8-2/h10-18,21,23-24H,7-9,19-20,33H2,1-6H3,(H,36,40)(H,37,38)/b11-10-,26-13+,34-17?. The SMILES string of the molecule is CC/C=C\C(Cl)=C/C(CC)CN(C(=NCNC=O)Nc1cc(C=NC)c(N)cc1C(C)CC)c1cncc(C)c1. The minimum Gasteiger partial charge on any atom is -0.398 e. The zero-order chi connectivity index (χ0) is 29.5. The van der Waals surface area contributed by atoms with E-state index < -0.39 is 0 Å². The van der Waals surface area contributed by atoms with Crippen LogP contribution in [0.1, 0.15) is 69.6 Å². The summed E-state index contributed by atoms with van der Waals surface area (Å²) in [5.74, 6) is 0.933. The third-order valence-electron chi connectivity index (χ3n) is 6.59. The van der Waals surface area contributed by atoms with Gasteiger partial charge < -0.3 is 21.3 Å². The molecule has 0 saturated heterocycles. The van der Waals surface area contributed by atoms with Gasteiger partial charge in [-0.25, -0.2) is 4.99 Å². The summed E-state index contributed by atoms with van der Waals surface area (Å²) in [5.41, 5.74) is 11.7. The van der Waals surface area contributed by atoms with E-state index in [1.54, 1.807) is 13.3 Å². The summed E-state index contributed by atoms with van der Waals surface area (Å²) in [6, 6.07) is 6.08. The molecule has 0 aliphatic heterocycles. The maximum Gasteiger partial charge on any atom is 0.208 e. The van der Waals surface area contributed by atoms with Crippen molar-refractivity contribution in [3.63, 3.8) is 0 Å². The normalized spacial score (nSPS) is 14.0. The van der Waals surface area contributed by atoms with E-state index >= 15 is 0 Å². The van der Waals surface area contributed by atoms with Gasteiger partial charge in [0.2, 0.25) is 12.4 Å². The Morgan fingerprint density at radius 3 is 2.60 bits per heavy atom. The lowest BCUT2D eigenvalue weighted by Crippen LogP contribution is -2.41. The number of carbonyl (C=O) groups excluding carboxylic acids is 1. The predicted molar refractivity (Wildman–Crippen MR) is 172 cm³/mol. The van der Waals surface area contributed by atoms with Crippen molar-refractivity contribution in [3.8, 4) is 0 Å². The molecule has 1 heterocycles. The second-order valence-electron chi connectivity index (χ2n) is 9.71. The van der Waals surface area contributed by atoms with E-state index in [1.165, 1.54) is 0 Å². The molecule has 8 nitrogen and oxygen atoms in total. The van der Waals surface area contributed by atoms with Crippen LogP contribution in [0.15, 0.2) is 63.8 Å². The highest BCUT2D eigenvalue weighted by Crippen LogP contribution is 2.32. The number of halogens is 1. The van der Waals surface area contributed by atoms with Crippen LogP contribution in [-0.2, 0) is 4.79 Å². The largest absolute Gasteiger partial charge is 0.398 e. The number of aryl methyl sites for hydroxylation is 1. The molecule has 0 aliphatic rings. The van der Waals surface area contributed by atoms with Gasteiger partial charge in [0, 0.05) is 48.0 Å². The number of allylic oxidation sites excluding steroid dienone is 3. The fraction of sp³-hybridized carbons (Fsp3) is 0.419. The van der Waals surface area contributed by atoms with Crippen molar-refractivity contribution in [3.05, 3.63) is 70.5 Å². The van der Waals surface area contributed by atoms with E-state index in [1.807, 2.05) is 43.6 Å². The molecule has 0 bridgehead atoms. The van der Waals surface area contributed by atoms with Crippen LogP contribution in [0.3, 0.4) is 0 Å². The van der Waals surface area contributed by atoms with Gasteiger partial charge in [0.1, 0.15) is 6.67 Å². The first-order chi connectivity index (χ1) is 19.3. The van der Waals surface area contributed by atoms with Crippen LogP contribution in [0.5, 0.6) is 0 Å². The molecule has 4 N–H and O–H groups in total.